The molecule has 0 saturated heterocycles. The van der Waals surface area contributed by atoms with Crippen LogP contribution in [0.4, 0.5) is 5.69 Å². The summed E-state index contributed by atoms with van der Waals surface area (Å²) in [5.74, 6) is 0. The Balaban J connectivity index is 2.65. The molecule has 2 nitrogen and oxygen atoms in total. The van der Waals surface area contributed by atoms with Gasteiger partial charge in [0.05, 0.1) is 11.9 Å². The normalized spacial score (nSPS) is 10.3. The van der Waals surface area contributed by atoms with Gasteiger partial charge < -0.3 is 5.73 Å². The molecule has 0 amide bonds. The number of benzene rings is 1. The van der Waals surface area contributed by atoms with E-state index in [9.17, 15) is 0 Å². The van der Waals surface area contributed by atoms with E-state index < -0.39 is 0 Å². The van der Waals surface area contributed by atoms with Gasteiger partial charge in [-0.1, -0.05) is 23.7 Å². The lowest BCUT2D eigenvalue weighted by Gasteiger charge is -2.09. The number of aromatic nitrogens is 1. The van der Waals surface area contributed by atoms with Gasteiger partial charge in [-0.05, 0) is 30.2 Å². The maximum absolute atomic E-state index is 6.06. The summed E-state index contributed by atoms with van der Waals surface area (Å²) in [6.07, 6.45) is 3.38. The minimum atomic E-state index is 0.669. The van der Waals surface area contributed by atoms with Crippen molar-refractivity contribution in [3.8, 4) is 11.1 Å². The second-order valence-corrected chi connectivity index (χ2v) is 3.78. The highest BCUT2D eigenvalue weighted by Crippen LogP contribution is 2.31. The van der Waals surface area contributed by atoms with Gasteiger partial charge in [0.2, 0.25) is 0 Å². The fraction of sp³-hybridized carbons (Fsp3) is 0.0833. The van der Waals surface area contributed by atoms with Crippen molar-refractivity contribution in [2.75, 3.05) is 5.73 Å². The number of nitrogen functional groups attached to an aromatic ring is 1. The molecule has 1 aromatic carbocycles. The summed E-state index contributed by atoms with van der Waals surface area (Å²) in [6, 6.07) is 7.70. The summed E-state index contributed by atoms with van der Waals surface area (Å²) in [5.41, 5.74) is 9.61. The van der Waals surface area contributed by atoms with Crippen molar-refractivity contribution < 1.29 is 0 Å². The number of nitrogens with two attached hydrogens (primary N) is 1. The monoisotopic (exact) mass is 218 g/mol. The van der Waals surface area contributed by atoms with Crippen LogP contribution in [0.3, 0.4) is 0 Å². The summed E-state index contributed by atoms with van der Waals surface area (Å²) in [7, 11) is 0. The van der Waals surface area contributed by atoms with Gasteiger partial charge in [-0.2, -0.15) is 0 Å². The molecule has 0 aliphatic rings. The third kappa shape index (κ3) is 1.81. The van der Waals surface area contributed by atoms with Gasteiger partial charge in [0.25, 0.3) is 0 Å². The lowest BCUT2D eigenvalue weighted by atomic mass is 10.0. The fourth-order valence-corrected chi connectivity index (χ4v) is 1.73. The molecule has 1 heterocycles. The van der Waals surface area contributed by atoms with Crippen molar-refractivity contribution in [3.05, 3.63) is 47.2 Å². The van der Waals surface area contributed by atoms with Crippen molar-refractivity contribution >= 4 is 17.3 Å². The van der Waals surface area contributed by atoms with Gasteiger partial charge in [0, 0.05) is 16.8 Å². The molecule has 0 saturated carbocycles. The Bertz CT molecular complexity index is 495. The highest BCUT2D eigenvalue weighted by Gasteiger charge is 2.06. The molecule has 2 rings (SSSR count). The summed E-state index contributed by atoms with van der Waals surface area (Å²) in [4.78, 5) is 3.96. The Morgan fingerprint density at radius 1 is 1.20 bits per heavy atom. The molecule has 2 N–H and O–H groups in total. The summed E-state index contributed by atoms with van der Waals surface area (Å²) < 4.78 is 0. The third-order valence-corrected chi connectivity index (χ3v) is 2.82. The van der Waals surface area contributed by atoms with Crippen LogP contribution in [0, 0.1) is 6.92 Å². The Labute approximate surface area is 93.7 Å². The molecule has 0 spiro atoms. The number of pyridine rings is 1. The standard InChI is InChI=1S/C12H11ClN2/c1-8-9(3-2-4-11(8)13)10-5-6-15-7-12(10)14/h2-7H,14H2,1H3. The SMILES string of the molecule is Cc1c(Cl)cccc1-c1ccncc1N. The molecular formula is C12H11ClN2. The van der Waals surface area contributed by atoms with Crippen LogP contribution in [0.2, 0.25) is 5.02 Å². The number of nitrogens with zero attached hydrogens (tertiary/aromatic N) is 1. The smallest absolute Gasteiger partial charge is 0.0580 e. The van der Waals surface area contributed by atoms with Crippen LogP contribution in [0.5, 0.6) is 0 Å². The number of hydrogen-bond acceptors (Lipinski definition) is 2. The topological polar surface area (TPSA) is 38.9 Å². The van der Waals surface area contributed by atoms with Crippen molar-refractivity contribution in [2.24, 2.45) is 0 Å². The first kappa shape index (κ1) is 9.99. The van der Waals surface area contributed by atoms with Gasteiger partial charge in [-0.25, -0.2) is 0 Å². The van der Waals surface area contributed by atoms with Crippen molar-refractivity contribution in [1.29, 1.82) is 0 Å². The Morgan fingerprint density at radius 2 is 2.00 bits per heavy atom. The van der Waals surface area contributed by atoms with Gasteiger partial charge in [-0.3, -0.25) is 4.98 Å². The molecule has 0 fully saturated rings. The maximum atomic E-state index is 6.06. The third-order valence-electron chi connectivity index (χ3n) is 2.41. The number of hydrogen-bond donors (Lipinski definition) is 1. The van der Waals surface area contributed by atoms with E-state index in [2.05, 4.69) is 4.98 Å². The van der Waals surface area contributed by atoms with Crippen LogP contribution in [0.15, 0.2) is 36.7 Å². The minimum absolute atomic E-state index is 0.669. The van der Waals surface area contributed by atoms with Crippen LogP contribution in [0.25, 0.3) is 11.1 Å². The van der Waals surface area contributed by atoms with Gasteiger partial charge >= 0.3 is 0 Å². The van der Waals surface area contributed by atoms with E-state index in [1.807, 2.05) is 31.2 Å². The Kier molecular flexibility index (Phi) is 2.60. The highest BCUT2D eigenvalue weighted by atomic mass is 35.5. The van der Waals surface area contributed by atoms with Crippen LogP contribution < -0.4 is 5.73 Å². The Morgan fingerprint density at radius 3 is 2.73 bits per heavy atom. The Hall–Kier alpha value is -1.54. The average molecular weight is 219 g/mol. The molecule has 3 heteroatoms. The first-order chi connectivity index (χ1) is 7.20. The summed E-state index contributed by atoms with van der Waals surface area (Å²) in [5, 5.41) is 0.753. The maximum Gasteiger partial charge on any atom is 0.0580 e. The number of anilines is 1. The highest BCUT2D eigenvalue weighted by molar-refractivity contribution is 6.31. The molecule has 2 aromatic rings. The van der Waals surface area contributed by atoms with E-state index in [0.29, 0.717) is 5.69 Å². The first-order valence-corrected chi connectivity index (χ1v) is 5.03. The molecule has 15 heavy (non-hydrogen) atoms. The molecule has 0 aliphatic heterocycles. The molecular weight excluding hydrogens is 208 g/mol. The number of rotatable bonds is 1. The zero-order valence-corrected chi connectivity index (χ0v) is 9.12. The van der Waals surface area contributed by atoms with E-state index in [1.165, 1.54) is 0 Å². The molecule has 0 atom stereocenters. The zero-order chi connectivity index (χ0) is 10.8. The molecule has 0 unspecified atom stereocenters. The quantitative estimate of drug-likeness (QED) is 0.798. The van der Waals surface area contributed by atoms with Gasteiger partial charge in [0.1, 0.15) is 0 Å². The lowest BCUT2D eigenvalue weighted by Crippen LogP contribution is -1.92. The fourth-order valence-electron chi connectivity index (χ4n) is 1.55. The predicted molar refractivity (Wildman–Crippen MR) is 63.8 cm³/mol. The summed E-state index contributed by atoms with van der Waals surface area (Å²) in [6.45, 7) is 1.98. The van der Waals surface area contributed by atoms with E-state index in [1.54, 1.807) is 12.4 Å². The van der Waals surface area contributed by atoms with Crippen molar-refractivity contribution in [3.63, 3.8) is 0 Å². The first-order valence-electron chi connectivity index (χ1n) is 4.65. The van der Waals surface area contributed by atoms with E-state index in [-0.39, 0.29) is 0 Å². The second-order valence-electron chi connectivity index (χ2n) is 3.38. The summed E-state index contributed by atoms with van der Waals surface area (Å²) >= 11 is 6.06. The van der Waals surface area contributed by atoms with E-state index in [4.69, 9.17) is 17.3 Å². The largest absolute Gasteiger partial charge is 0.397 e. The lowest BCUT2D eigenvalue weighted by molar-refractivity contribution is 1.33. The van der Waals surface area contributed by atoms with Crippen LogP contribution in [0.1, 0.15) is 5.56 Å². The van der Waals surface area contributed by atoms with Crippen LogP contribution in [-0.4, -0.2) is 4.98 Å². The van der Waals surface area contributed by atoms with Crippen LogP contribution in [-0.2, 0) is 0 Å². The average Bonchev–Trinajstić information content (AvgIpc) is 2.23. The molecule has 0 radical (unpaired) electrons. The van der Waals surface area contributed by atoms with Crippen LogP contribution >= 0.6 is 11.6 Å². The van der Waals surface area contributed by atoms with Crippen molar-refractivity contribution in [2.45, 2.75) is 6.92 Å². The van der Waals surface area contributed by atoms with Crippen molar-refractivity contribution in [1.82, 2.24) is 4.98 Å². The molecule has 0 bridgehead atoms. The number of halogens is 1. The van der Waals surface area contributed by atoms with E-state index in [0.717, 1.165) is 21.7 Å². The molecule has 1 aromatic heterocycles. The predicted octanol–water partition coefficient (Wildman–Crippen LogP) is 3.29. The van der Waals surface area contributed by atoms with E-state index >= 15 is 0 Å². The molecule has 76 valence electrons. The minimum Gasteiger partial charge on any atom is -0.397 e. The van der Waals surface area contributed by atoms with Gasteiger partial charge in [0.15, 0.2) is 0 Å². The van der Waals surface area contributed by atoms with Gasteiger partial charge in [-0.15, -0.1) is 0 Å². The molecule has 0 aliphatic carbocycles. The zero-order valence-electron chi connectivity index (χ0n) is 8.37. The second kappa shape index (κ2) is 3.91.